The lowest BCUT2D eigenvalue weighted by Gasteiger charge is -2.27. The SMILES string of the molecule is C[C@H]1C[C@@H](C(=O)NCCC(=O)N(C)Cc2ccccc2Br)CCN1.Cl. The smallest absolute Gasteiger partial charge is 0.224 e. The highest BCUT2D eigenvalue weighted by Crippen LogP contribution is 2.18. The number of nitrogens with one attached hydrogen (secondary N) is 2. The average Bonchev–Trinajstić information content (AvgIpc) is 2.56. The lowest BCUT2D eigenvalue weighted by Crippen LogP contribution is -2.43. The monoisotopic (exact) mass is 431 g/mol. The van der Waals surface area contributed by atoms with E-state index in [9.17, 15) is 9.59 Å². The van der Waals surface area contributed by atoms with Crippen molar-refractivity contribution in [2.75, 3.05) is 20.1 Å². The van der Waals surface area contributed by atoms with E-state index in [0.29, 0.717) is 25.6 Å². The first-order chi connectivity index (χ1) is 11.5. The Morgan fingerprint density at radius 2 is 2.08 bits per heavy atom. The first-order valence-electron chi connectivity index (χ1n) is 8.46. The Morgan fingerprint density at radius 1 is 1.36 bits per heavy atom. The summed E-state index contributed by atoms with van der Waals surface area (Å²) in [5.74, 6) is 0.170. The van der Waals surface area contributed by atoms with E-state index in [4.69, 9.17) is 0 Å². The van der Waals surface area contributed by atoms with Gasteiger partial charge in [0, 0.05) is 43.0 Å². The molecule has 1 aliphatic heterocycles. The van der Waals surface area contributed by atoms with E-state index in [1.165, 1.54) is 0 Å². The Bertz CT molecular complexity index is 585. The first-order valence-corrected chi connectivity index (χ1v) is 9.25. The van der Waals surface area contributed by atoms with Gasteiger partial charge in [-0.25, -0.2) is 0 Å². The van der Waals surface area contributed by atoms with Crippen LogP contribution >= 0.6 is 28.3 Å². The number of hydrogen-bond acceptors (Lipinski definition) is 3. The van der Waals surface area contributed by atoms with E-state index < -0.39 is 0 Å². The fraction of sp³-hybridized carbons (Fsp3) is 0.556. The third kappa shape index (κ3) is 6.96. The van der Waals surface area contributed by atoms with Gasteiger partial charge in [0.05, 0.1) is 0 Å². The summed E-state index contributed by atoms with van der Waals surface area (Å²) in [7, 11) is 1.79. The molecule has 1 aromatic carbocycles. The molecule has 1 fully saturated rings. The van der Waals surface area contributed by atoms with Gasteiger partial charge in [-0.2, -0.15) is 0 Å². The molecule has 7 heteroatoms. The zero-order chi connectivity index (χ0) is 17.5. The predicted octanol–water partition coefficient (Wildman–Crippen LogP) is 2.72. The highest BCUT2D eigenvalue weighted by Gasteiger charge is 2.24. The number of carbonyl (C=O) groups excluding carboxylic acids is 2. The highest BCUT2D eigenvalue weighted by atomic mass is 79.9. The van der Waals surface area contributed by atoms with Crippen LogP contribution in [0, 0.1) is 5.92 Å². The number of benzene rings is 1. The molecule has 0 unspecified atom stereocenters. The molecule has 0 aliphatic carbocycles. The van der Waals surface area contributed by atoms with Crippen molar-refractivity contribution in [3.8, 4) is 0 Å². The molecule has 0 bridgehead atoms. The molecule has 2 atom stereocenters. The fourth-order valence-corrected chi connectivity index (χ4v) is 3.38. The maximum Gasteiger partial charge on any atom is 0.224 e. The largest absolute Gasteiger partial charge is 0.355 e. The van der Waals surface area contributed by atoms with Gasteiger partial charge in [-0.1, -0.05) is 34.1 Å². The molecule has 2 amide bonds. The van der Waals surface area contributed by atoms with Crippen molar-refractivity contribution in [1.82, 2.24) is 15.5 Å². The number of amides is 2. The topological polar surface area (TPSA) is 61.4 Å². The minimum Gasteiger partial charge on any atom is -0.355 e. The van der Waals surface area contributed by atoms with Gasteiger partial charge in [0.15, 0.2) is 0 Å². The molecule has 140 valence electrons. The van der Waals surface area contributed by atoms with Crippen LogP contribution in [0.4, 0.5) is 0 Å². The molecule has 0 saturated carbocycles. The Balaban J connectivity index is 0.00000312. The first kappa shape index (κ1) is 21.9. The van der Waals surface area contributed by atoms with Crippen molar-refractivity contribution >= 4 is 40.2 Å². The number of carbonyl (C=O) groups is 2. The molecule has 5 nitrogen and oxygen atoms in total. The second kappa shape index (κ2) is 10.8. The van der Waals surface area contributed by atoms with Crippen LogP contribution in [0.5, 0.6) is 0 Å². The van der Waals surface area contributed by atoms with Gasteiger partial charge >= 0.3 is 0 Å². The van der Waals surface area contributed by atoms with Crippen LogP contribution in [0.15, 0.2) is 28.7 Å². The molecule has 0 aromatic heterocycles. The van der Waals surface area contributed by atoms with Crippen molar-refractivity contribution in [2.45, 2.75) is 38.8 Å². The molecule has 0 radical (unpaired) electrons. The number of hydrogen-bond donors (Lipinski definition) is 2. The Morgan fingerprint density at radius 3 is 2.76 bits per heavy atom. The van der Waals surface area contributed by atoms with Crippen molar-refractivity contribution in [3.63, 3.8) is 0 Å². The van der Waals surface area contributed by atoms with Crippen LogP contribution < -0.4 is 10.6 Å². The summed E-state index contributed by atoms with van der Waals surface area (Å²) in [5.41, 5.74) is 1.07. The summed E-state index contributed by atoms with van der Waals surface area (Å²) in [5, 5.41) is 6.25. The van der Waals surface area contributed by atoms with E-state index in [-0.39, 0.29) is 30.1 Å². The standard InChI is InChI=1S/C18H26BrN3O2.ClH/c1-13-11-14(7-9-20-13)18(24)21-10-8-17(23)22(2)12-15-5-3-4-6-16(15)19;/h3-6,13-14,20H,7-12H2,1-2H3,(H,21,24);1H/t13-,14-;/m0./s1. The van der Waals surface area contributed by atoms with Gasteiger partial charge in [-0.15, -0.1) is 12.4 Å². The number of rotatable bonds is 6. The van der Waals surface area contributed by atoms with Crippen molar-refractivity contribution in [2.24, 2.45) is 5.92 Å². The maximum atomic E-state index is 12.2. The highest BCUT2D eigenvalue weighted by molar-refractivity contribution is 9.10. The molecule has 1 saturated heterocycles. The summed E-state index contributed by atoms with van der Waals surface area (Å²) in [6.45, 7) is 3.93. The summed E-state index contributed by atoms with van der Waals surface area (Å²) < 4.78 is 0.998. The van der Waals surface area contributed by atoms with Crippen LogP contribution in [0.3, 0.4) is 0 Å². The average molecular weight is 433 g/mol. The zero-order valence-corrected chi connectivity index (χ0v) is 17.2. The summed E-state index contributed by atoms with van der Waals surface area (Å²) in [6, 6.07) is 8.25. The number of nitrogens with zero attached hydrogens (tertiary/aromatic N) is 1. The molecule has 2 N–H and O–H groups in total. The normalized spacial score (nSPS) is 19.6. The van der Waals surface area contributed by atoms with Gasteiger partial charge in [-0.3, -0.25) is 9.59 Å². The van der Waals surface area contributed by atoms with Gasteiger partial charge in [0.25, 0.3) is 0 Å². The van der Waals surface area contributed by atoms with E-state index >= 15 is 0 Å². The van der Waals surface area contributed by atoms with Crippen LogP contribution in [-0.2, 0) is 16.1 Å². The zero-order valence-electron chi connectivity index (χ0n) is 14.8. The van der Waals surface area contributed by atoms with Gasteiger partial charge in [0.2, 0.25) is 11.8 Å². The molecule has 25 heavy (non-hydrogen) atoms. The minimum absolute atomic E-state index is 0. The van der Waals surface area contributed by atoms with Crippen LogP contribution in [0.1, 0.15) is 31.7 Å². The van der Waals surface area contributed by atoms with Crippen LogP contribution in [-0.4, -0.2) is 42.9 Å². The molecule has 2 rings (SSSR count). The van der Waals surface area contributed by atoms with Crippen LogP contribution in [0.2, 0.25) is 0 Å². The van der Waals surface area contributed by atoms with E-state index in [1.807, 2.05) is 24.3 Å². The second-order valence-corrected chi connectivity index (χ2v) is 7.31. The lowest BCUT2D eigenvalue weighted by molar-refractivity contribution is -0.130. The molecular formula is C18H27BrClN3O2. The summed E-state index contributed by atoms with van der Waals surface area (Å²) in [6.07, 6.45) is 2.06. The van der Waals surface area contributed by atoms with Crippen molar-refractivity contribution < 1.29 is 9.59 Å². The Labute approximate surface area is 164 Å². The molecule has 1 aliphatic rings. The summed E-state index contributed by atoms with van der Waals surface area (Å²) in [4.78, 5) is 26.1. The quantitative estimate of drug-likeness (QED) is 0.726. The third-order valence-electron chi connectivity index (χ3n) is 4.42. The number of halogens is 2. The third-order valence-corrected chi connectivity index (χ3v) is 5.20. The Kier molecular flexibility index (Phi) is 9.46. The molecule has 1 heterocycles. The van der Waals surface area contributed by atoms with E-state index in [2.05, 4.69) is 33.5 Å². The maximum absolute atomic E-state index is 12.2. The van der Waals surface area contributed by atoms with Gasteiger partial charge in [-0.05, 0) is 37.9 Å². The van der Waals surface area contributed by atoms with Gasteiger partial charge in [0.1, 0.15) is 0 Å². The summed E-state index contributed by atoms with van der Waals surface area (Å²) >= 11 is 3.49. The van der Waals surface area contributed by atoms with Crippen molar-refractivity contribution in [1.29, 1.82) is 0 Å². The minimum atomic E-state index is 0. The van der Waals surface area contributed by atoms with Crippen molar-refractivity contribution in [3.05, 3.63) is 34.3 Å². The molecule has 1 aromatic rings. The van der Waals surface area contributed by atoms with E-state index in [1.54, 1.807) is 11.9 Å². The predicted molar refractivity (Wildman–Crippen MR) is 106 cm³/mol. The Hall–Kier alpha value is -1.11. The molecule has 0 spiro atoms. The second-order valence-electron chi connectivity index (χ2n) is 6.46. The number of piperidine rings is 1. The molecular weight excluding hydrogens is 406 g/mol. The van der Waals surface area contributed by atoms with E-state index in [0.717, 1.165) is 29.4 Å². The van der Waals surface area contributed by atoms with Gasteiger partial charge < -0.3 is 15.5 Å². The van der Waals surface area contributed by atoms with Crippen LogP contribution in [0.25, 0.3) is 0 Å². The fourth-order valence-electron chi connectivity index (χ4n) is 2.97. The lowest BCUT2D eigenvalue weighted by atomic mass is 9.92.